The summed E-state index contributed by atoms with van der Waals surface area (Å²) in [4.78, 5) is 35.3. The van der Waals surface area contributed by atoms with Crippen LogP contribution in [0.25, 0.3) is 10.8 Å². The lowest BCUT2D eigenvalue weighted by Gasteiger charge is -2.20. The van der Waals surface area contributed by atoms with E-state index in [9.17, 15) is 19.5 Å². The molecule has 2 aromatic carbocycles. The van der Waals surface area contributed by atoms with E-state index in [1.807, 2.05) is 6.07 Å². The normalized spacial score (nSPS) is 11.0. The molecule has 25 heavy (non-hydrogen) atoms. The molecule has 0 saturated carbocycles. The van der Waals surface area contributed by atoms with Gasteiger partial charge in [-0.2, -0.15) is 0 Å². The van der Waals surface area contributed by atoms with Gasteiger partial charge in [-0.3, -0.25) is 10.1 Å². The number of amides is 3. The van der Waals surface area contributed by atoms with Crippen LogP contribution in [0, 0.1) is 0 Å². The van der Waals surface area contributed by atoms with Crippen molar-refractivity contribution in [3.8, 4) is 5.75 Å². The van der Waals surface area contributed by atoms with Gasteiger partial charge in [0.05, 0.1) is 0 Å². The van der Waals surface area contributed by atoms with Crippen LogP contribution >= 0.6 is 0 Å². The number of phenols is 1. The van der Waals surface area contributed by atoms with Gasteiger partial charge >= 0.3 is 12.0 Å². The monoisotopic (exact) mass is 344 g/mol. The highest BCUT2D eigenvalue weighted by molar-refractivity contribution is 6.02. The molecule has 0 aliphatic rings. The molecule has 0 bridgehead atoms. The Morgan fingerprint density at radius 3 is 2.44 bits per heavy atom. The van der Waals surface area contributed by atoms with E-state index in [1.54, 1.807) is 45.0 Å². The molecule has 2 aromatic rings. The van der Waals surface area contributed by atoms with Crippen LogP contribution in [0.1, 0.15) is 31.1 Å². The highest BCUT2D eigenvalue weighted by Crippen LogP contribution is 2.28. The summed E-state index contributed by atoms with van der Waals surface area (Å²) in [7, 11) is 0. The van der Waals surface area contributed by atoms with Gasteiger partial charge in [-0.15, -0.1) is 0 Å². The molecule has 0 spiro atoms. The van der Waals surface area contributed by atoms with E-state index in [2.05, 4.69) is 10.6 Å². The molecule has 2 rings (SSSR count). The van der Waals surface area contributed by atoms with Crippen LogP contribution in [0.15, 0.2) is 36.4 Å². The Bertz CT molecular complexity index is 824. The molecule has 7 heteroatoms. The average molecular weight is 344 g/mol. The third kappa shape index (κ3) is 4.94. The molecule has 0 aliphatic carbocycles. The molecule has 0 saturated heterocycles. The number of ether oxygens (including phenoxy) is 1. The van der Waals surface area contributed by atoms with E-state index < -0.39 is 30.1 Å². The van der Waals surface area contributed by atoms with Crippen LogP contribution < -0.4 is 10.6 Å². The van der Waals surface area contributed by atoms with E-state index in [0.29, 0.717) is 5.39 Å². The Kier molecular flexibility index (Phi) is 5.26. The summed E-state index contributed by atoms with van der Waals surface area (Å²) in [5.41, 5.74) is -0.552. The summed E-state index contributed by atoms with van der Waals surface area (Å²) in [6.07, 6.45) is 0. The van der Waals surface area contributed by atoms with Crippen LogP contribution in [0.2, 0.25) is 0 Å². The second kappa shape index (κ2) is 7.21. The number of nitrogens with one attached hydrogen (secondary N) is 2. The van der Waals surface area contributed by atoms with Crippen molar-refractivity contribution < 1.29 is 24.2 Å². The molecule has 0 unspecified atom stereocenters. The number of rotatable bonds is 3. The second-order valence-electron chi connectivity index (χ2n) is 6.51. The number of benzene rings is 2. The Hall–Kier alpha value is -3.09. The number of carbonyl (C=O) groups is 3. The van der Waals surface area contributed by atoms with Crippen LogP contribution in [-0.2, 0) is 9.53 Å². The lowest BCUT2D eigenvalue weighted by atomic mass is 10.1. The van der Waals surface area contributed by atoms with Gasteiger partial charge in [0.1, 0.15) is 11.3 Å². The van der Waals surface area contributed by atoms with Gasteiger partial charge in [0.15, 0.2) is 6.61 Å². The van der Waals surface area contributed by atoms with Crippen LogP contribution in [-0.4, -0.2) is 35.2 Å². The fourth-order valence-electron chi connectivity index (χ4n) is 2.16. The molecule has 3 amide bonds. The standard InChI is InChI=1S/C18H20N2O5/c1-18(2,3)20-17(24)19-14(21)10-25-16(23)13-9-8-11-6-4-5-7-12(11)15(13)22/h4-9,22H,10H2,1-3H3,(H2,19,20,21,24). The van der Waals surface area contributed by atoms with Gasteiger partial charge < -0.3 is 15.2 Å². The third-order valence-electron chi connectivity index (χ3n) is 3.20. The van der Waals surface area contributed by atoms with Gasteiger partial charge in [0, 0.05) is 10.9 Å². The van der Waals surface area contributed by atoms with E-state index in [0.717, 1.165) is 5.39 Å². The predicted octanol–water partition coefficient (Wildman–Crippen LogP) is 2.33. The Morgan fingerprint density at radius 1 is 1.08 bits per heavy atom. The van der Waals surface area contributed by atoms with E-state index in [-0.39, 0.29) is 11.3 Å². The Balaban J connectivity index is 1.97. The summed E-state index contributed by atoms with van der Waals surface area (Å²) in [5, 5.41) is 16.1. The topological polar surface area (TPSA) is 105 Å². The minimum Gasteiger partial charge on any atom is -0.506 e. The number of esters is 1. The quantitative estimate of drug-likeness (QED) is 0.741. The van der Waals surface area contributed by atoms with Gasteiger partial charge in [-0.25, -0.2) is 9.59 Å². The second-order valence-corrected chi connectivity index (χ2v) is 6.51. The summed E-state index contributed by atoms with van der Waals surface area (Å²) in [6, 6.07) is 9.43. The Labute approximate surface area is 145 Å². The number of hydrogen-bond donors (Lipinski definition) is 3. The highest BCUT2D eigenvalue weighted by atomic mass is 16.5. The summed E-state index contributed by atoms with van der Waals surface area (Å²) in [6.45, 7) is 4.65. The number of hydrogen-bond acceptors (Lipinski definition) is 5. The molecule has 3 N–H and O–H groups in total. The van der Waals surface area contributed by atoms with Crippen molar-refractivity contribution in [1.82, 2.24) is 10.6 Å². The Morgan fingerprint density at radius 2 is 1.76 bits per heavy atom. The van der Waals surface area contributed by atoms with E-state index >= 15 is 0 Å². The largest absolute Gasteiger partial charge is 0.506 e. The van der Waals surface area contributed by atoms with Crippen LogP contribution in [0.3, 0.4) is 0 Å². The number of carbonyl (C=O) groups excluding carboxylic acids is 3. The zero-order valence-electron chi connectivity index (χ0n) is 14.3. The SMILES string of the molecule is CC(C)(C)NC(=O)NC(=O)COC(=O)c1ccc2ccccc2c1O. The molecule has 0 aliphatic heterocycles. The summed E-state index contributed by atoms with van der Waals surface area (Å²) >= 11 is 0. The van der Waals surface area contributed by atoms with Gasteiger partial charge in [0.25, 0.3) is 5.91 Å². The molecule has 0 heterocycles. The fraction of sp³-hybridized carbons (Fsp3) is 0.278. The first kappa shape index (κ1) is 18.3. The minimum atomic E-state index is -0.852. The van der Waals surface area contributed by atoms with Crippen molar-refractivity contribution in [3.05, 3.63) is 42.0 Å². The average Bonchev–Trinajstić information content (AvgIpc) is 2.51. The first-order valence-electron chi connectivity index (χ1n) is 7.67. The number of urea groups is 1. The van der Waals surface area contributed by atoms with Crippen LogP contribution in [0.4, 0.5) is 4.79 Å². The van der Waals surface area contributed by atoms with Crippen molar-refractivity contribution in [3.63, 3.8) is 0 Å². The van der Waals surface area contributed by atoms with Crippen molar-refractivity contribution in [2.24, 2.45) is 0 Å². The first-order chi connectivity index (χ1) is 11.7. The zero-order chi connectivity index (χ0) is 18.6. The smallest absolute Gasteiger partial charge is 0.342 e. The lowest BCUT2D eigenvalue weighted by Crippen LogP contribution is -2.49. The van der Waals surface area contributed by atoms with Crippen molar-refractivity contribution in [1.29, 1.82) is 0 Å². The fourth-order valence-corrected chi connectivity index (χ4v) is 2.16. The van der Waals surface area contributed by atoms with Gasteiger partial charge in [0.2, 0.25) is 0 Å². The molecular weight excluding hydrogens is 324 g/mol. The van der Waals surface area contributed by atoms with E-state index in [1.165, 1.54) is 6.07 Å². The number of imide groups is 1. The summed E-state index contributed by atoms with van der Waals surface area (Å²) < 4.78 is 4.86. The van der Waals surface area contributed by atoms with Gasteiger partial charge in [-0.05, 0) is 32.2 Å². The first-order valence-corrected chi connectivity index (χ1v) is 7.67. The number of phenolic OH excluding ortho intramolecular Hbond substituents is 1. The lowest BCUT2D eigenvalue weighted by molar-refractivity contribution is -0.123. The maximum atomic E-state index is 12.1. The minimum absolute atomic E-state index is 0.0503. The molecule has 132 valence electrons. The van der Waals surface area contributed by atoms with Crippen molar-refractivity contribution in [2.75, 3.05) is 6.61 Å². The maximum absolute atomic E-state index is 12.1. The van der Waals surface area contributed by atoms with Gasteiger partial charge in [-0.1, -0.05) is 30.3 Å². The molecule has 7 nitrogen and oxygen atoms in total. The molecule has 0 radical (unpaired) electrons. The van der Waals surface area contributed by atoms with Crippen molar-refractivity contribution >= 4 is 28.7 Å². The number of fused-ring (bicyclic) bond motifs is 1. The zero-order valence-corrected chi connectivity index (χ0v) is 14.3. The van der Waals surface area contributed by atoms with Crippen LogP contribution in [0.5, 0.6) is 5.75 Å². The summed E-state index contributed by atoms with van der Waals surface area (Å²) in [5.74, 6) is -1.83. The molecule has 0 atom stereocenters. The predicted molar refractivity (Wildman–Crippen MR) is 92.3 cm³/mol. The van der Waals surface area contributed by atoms with Crippen molar-refractivity contribution in [2.45, 2.75) is 26.3 Å². The number of aromatic hydroxyl groups is 1. The third-order valence-corrected chi connectivity index (χ3v) is 3.20. The highest BCUT2D eigenvalue weighted by Gasteiger charge is 2.19. The van der Waals surface area contributed by atoms with E-state index in [4.69, 9.17) is 4.74 Å². The molecular formula is C18H20N2O5. The molecule has 0 fully saturated rings. The maximum Gasteiger partial charge on any atom is 0.342 e. The molecule has 0 aromatic heterocycles.